The van der Waals surface area contributed by atoms with Crippen molar-refractivity contribution in [3.8, 4) is 0 Å². The van der Waals surface area contributed by atoms with E-state index in [4.69, 9.17) is 0 Å². The summed E-state index contributed by atoms with van der Waals surface area (Å²) >= 11 is 3.40. The Morgan fingerprint density at radius 1 is 1.32 bits per heavy atom. The fourth-order valence-electron chi connectivity index (χ4n) is 2.09. The number of hydrogen-bond donors (Lipinski definition) is 3. The van der Waals surface area contributed by atoms with Crippen LogP contribution in [0.2, 0.25) is 0 Å². The zero-order valence-corrected chi connectivity index (χ0v) is 13.3. The molecule has 0 saturated heterocycles. The first kappa shape index (κ1) is 16.6. The van der Waals surface area contributed by atoms with Gasteiger partial charge in [-0.25, -0.2) is 0 Å². The maximum absolute atomic E-state index is 10.1. The second-order valence-electron chi connectivity index (χ2n) is 5.07. The Kier molecular flexibility index (Phi) is 7.00. The van der Waals surface area contributed by atoms with Crippen molar-refractivity contribution in [1.29, 1.82) is 0 Å². The number of nitrogens with one attached hydrogen (secondary N) is 1. The van der Waals surface area contributed by atoms with Crippen LogP contribution < -0.4 is 5.32 Å². The maximum atomic E-state index is 10.1. The van der Waals surface area contributed by atoms with Crippen LogP contribution in [0.15, 0.2) is 28.7 Å². The van der Waals surface area contributed by atoms with Gasteiger partial charge in [0, 0.05) is 29.6 Å². The molecule has 19 heavy (non-hydrogen) atoms. The molecular formula is C15H24BrNO2. The zero-order valence-electron chi connectivity index (χ0n) is 11.7. The summed E-state index contributed by atoms with van der Waals surface area (Å²) in [6.45, 7) is 5.58. The van der Waals surface area contributed by atoms with Gasteiger partial charge in [0.1, 0.15) is 0 Å². The molecule has 1 aromatic rings. The minimum atomic E-state index is -0.525. The number of rotatable bonds is 8. The van der Waals surface area contributed by atoms with Crippen LogP contribution in [0.1, 0.15) is 38.4 Å². The van der Waals surface area contributed by atoms with Crippen molar-refractivity contribution >= 4 is 15.9 Å². The summed E-state index contributed by atoms with van der Waals surface area (Å²) in [5, 5.41) is 22.9. The van der Waals surface area contributed by atoms with E-state index in [9.17, 15) is 10.2 Å². The standard InChI is InChI=1S/C15H24BrNO2/c1-3-15(4-2,11-18)10-17-9-14(19)12-6-5-7-13(16)8-12/h5-8,14,17-19H,3-4,9-11H2,1-2H3. The highest BCUT2D eigenvalue weighted by molar-refractivity contribution is 9.10. The average Bonchev–Trinajstić information content (AvgIpc) is 2.44. The molecule has 0 bridgehead atoms. The van der Waals surface area contributed by atoms with Crippen LogP contribution in [0.25, 0.3) is 0 Å². The molecule has 0 heterocycles. The molecule has 0 aliphatic heterocycles. The number of benzene rings is 1. The lowest BCUT2D eigenvalue weighted by Gasteiger charge is -2.30. The van der Waals surface area contributed by atoms with Crippen LogP contribution in [0.5, 0.6) is 0 Å². The molecule has 1 atom stereocenters. The summed E-state index contributed by atoms with van der Waals surface area (Å²) in [5.41, 5.74) is 0.821. The summed E-state index contributed by atoms with van der Waals surface area (Å²) in [4.78, 5) is 0. The van der Waals surface area contributed by atoms with Gasteiger partial charge in [0.15, 0.2) is 0 Å². The van der Waals surface area contributed by atoms with Crippen LogP contribution in [-0.2, 0) is 0 Å². The van der Waals surface area contributed by atoms with E-state index in [2.05, 4.69) is 35.1 Å². The number of aliphatic hydroxyl groups is 2. The second-order valence-corrected chi connectivity index (χ2v) is 5.98. The maximum Gasteiger partial charge on any atom is 0.0914 e. The second kappa shape index (κ2) is 8.00. The molecule has 1 unspecified atom stereocenters. The minimum Gasteiger partial charge on any atom is -0.396 e. The topological polar surface area (TPSA) is 52.5 Å². The van der Waals surface area contributed by atoms with E-state index in [1.54, 1.807) is 0 Å². The van der Waals surface area contributed by atoms with Gasteiger partial charge >= 0.3 is 0 Å². The molecule has 3 N–H and O–H groups in total. The molecule has 0 fully saturated rings. The van der Waals surface area contributed by atoms with E-state index in [1.165, 1.54) is 0 Å². The molecular weight excluding hydrogens is 306 g/mol. The first-order valence-corrected chi connectivity index (χ1v) is 7.61. The van der Waals surface area contributed by atoms with Crippen molar-refractivity contribution in [2.45, 2.75) is 32.8 Å². The van der Waals surface area contributed by atoms with Gasteiger partial charge in [-0.2, -0.15) is 0 Å². The van der Waals surface area contributed by atoms with Crippen molar-refractivity contribution < 1.29 is 10.2 Å². The zero-order chi connectivity index (χ0) is 14.3. The molecule has 0 aliphatic carbocycles. The highest BCUT2D eigenvalue weighted by Crippen LogP contribution is 2.24. The van der Waals surface area contributed by atoms with Gasteiger partial charge in [-0.05, 0) is 30.5 Å². The van der Waals surface area contributed by atoms with Crippen molar-refractivity contribution in [3.63, 3.8) is 0 Å². The Morgan fingerprint density at radius 2 is 2.00 bits per heavy atom. The normalized spacial score (nSPS) is 13.5. The lowest BCUT2D eigenvalue weighted by atomic mass is 9.83. The molecule has 0 spiro atoms. The largest absolute Gasteiger partial charge is 0.396 e. The predicted molar refractivity (Wildman–Crippen MR) is 82.1 cm³/mol. The van der Waals surface area contributed by atoms with Gasteiger partial charge in [0.05, 0.1) is 6.10 Å². The van der Waals surface area contributed by atoms with E-state index in [-0.39, 0.29) is 12.0 Å². The third kappa shape index (κ3) is 4.88. The van der Waals surface area contributed by atoms with Gasteiger partial charge < -0.3 is 15.5 Å². The van der Waals surface area contributed by atoms with E-state index < -0.39 is 6.10 Å². The average molecular weight is 330 g/mol. The molecule has 4 heteroatoms. The number of hydrogen-bond acceptors (Lipinski definition) is 3. The molecule has 3 nitrogen and oxygen atoms in total. The van der Waals surface area contributed by atoms with Crippen LogP contribution in [-0.4, -0.2) is 29.9 Å². The van der Waals surface area contributed by atoms with E-state index in [1.807, 2.05) is 24.3 Å². The monoisotopic (exact) mass is 329 g/mol. The summed E-state index contributed by atoms with van der Waals surface area (Å²) in [6.07, 6.45) is 1.34. The summed E-state index contributed by atoms with van der Waals surface area (Å²) in [5.74, 6) is 0. The third-order valence-corrected chi connectivity index (χ3v) is 4.40. The summed E-state index contributed by atoms with van der Waals surface area (Å²) < 4.78 is 0.968. The Morgan fingerprint density at radius 3 is 2.53 bits per heavy atom. The smallest absolute Gasteiger partial charge is 0.0914 e. The van der Waals surface area contributed by atoms with Gasteiger partial charge in [-0.3, -0.25) is 0 Å². The van der Waals surface area contributed by atoms with Gasteiger partial charge in [-0.15, -0.1) is 0 Å². The first-order chi connectivity index (χ1) is 9.06. The SMILES string of the molecule is CCC(CC)(CO)CNCC(O)c1cccc(Br)c1. The molecule has 0 radical (unpaired) electrons. The third-order valence-electron chi connectivity index (χ3n) is 3.91. The lowest BCUT2D eigenvalue weighted by molar-refractivity contribution is 0.104. The molecule has 0 aromatic heterocycles. The first-order valence-electron chi connectivity index (χ1n) is 6.82. The predicted octanol–water partition coefficient (Wildman–Crippen LogP) is 2.87. The van der Waals surface area contributed by atoms with Crippen molar-refractivity contribution in [3.05, 3.63) is 34.3 Å². The van der Waals surface area contributed by atoms with Crippen molar-refractivity contribution in [2.24, 2.45) is 5.41 Å². The highest BCUT2D eigenvalue weighted by atomic mass is 79.9. The molecule has 1 aromatic carbocycles. The van der Waals surface area contributed by atoms with E-state index in [0.717, 1.165) is 29.4 Å². The Hall–Kier alpha value is -0.420. The van der Waals surface area contributed by atoms with Crippen LogP contribution in [0.3, 0.4) is 0 Å². The van der Waals surface area contributed by atoms with Crippen molar-refractivity contribution in [2.75, 3.05) is 19.7 Å². The Labute approximate surface area is 124 Å². The molecule has 0 amide bonds. The molecule has 0 aliphatic rings. The fraction of sp³-hybridized carbons (Fsp3) is 0.600. The number of aliphatic hydroxyl groups excluding tert-OH is 2. The molecule has 108 valence electrons. The molecule has 0 saturated carbocycles. The molecule has 1 rings (SSSR count). The van der Waals surface area contributed by atoms with Gasteiger partial charge in [-0.1, -0.05) is 41.9 Å². The summed E-state index contributed by atoms with van der Waals surface area (Å²) in [6, 6.07) is 7.69. The van der Waals surface area contributed by atoms with Crippen LogP contribution in [0, 0.1) is 5.41 Å². The fourth-order valence-corrected chi connectivity index (χ4v) is 2.50. The van der Waals surface area contributed by atoms with E-state index in [0.29, 0.717) is 6.54 Å². The quantitative estimate of drug-likeness (QED) is 0.687. The summed E-state index contributed by atoms with van der Waals surface area (Å²) in [7, 11) is 0. The Balaban J connectivity index is 2.48. The van der Waals surface area contributed by atoms with Gasteiger partial charge in [0.2, 0.25) is 0 Å². The van der Waals surface area contributed by atoms with Crippen LogP contribution >= 0.6 is 15.9 Å². The number of halogens is 1. The highest BCUT2D eigenvalue weighted by Gasteiger charge is 2.24. The lowest BCUT2D eigenvalue weighted by Crippen LogP contribution is -2.38. The minimum absolute atomic E-state index is 0.0724. The van der Waals surface area contributed by atoms with Gasteiger partial charge in [0.25, 0.3) is 0 Å². The van der Waals surface area contributed by atoms with E-state index >= 15 is 0 Å². The van der Waals surface area contributed by atoms with Crippen LogP contribution in [0.4, 0.5) is 0 Å². The Bertz CT molecular complexity index is 372. The van der Waals surface area contributed by atoms with Crippen molar-refractivity contribution in [1.82, 2.24) is 5.32 Å².